The maximum absolute atomic E-state index is 14.2. The lowest BCUT2D eigenvalue weighted by molar-refractivity contribution is 0.0526. The number of esters is 1. The molecule has 0 atom stereocenters. The minimum atomic E-state index is -1.04. The molecule has 0 unspecified atom stereocenters. The lowest BCUT2D eigenvalue weighted by atomic mass is 10.2. The predicted molar refractivity (Wildman–Crippen MR) is 79.7 cm³/mol. The number of fused-ring (bicyclic) bond motifs is 1. The Morgan fingerprint density at radius 3 is 2.43 bits per heavy atom. The van der Waals surface area contributed by atoms with Gasteiger partial charge in [-0.1, -0.05) is 0 Å². The van der Waals surface area contributed by atoms with E-state index in [9.17, 15) is 14.0 Å². The van der Waals surface area contributed by atoms with Crippen LogP contribution in [0.15, 0.2) is 4.42 Å². The van der Waals surface area contributed by atoms with Crippen molar-refractivity contribution < 1.29 is 23.1 Å². The first-order chi connectivity index (χ1) is 10.9. The fraction of sp³-hybridized carbons (Fsp3) is 0.467. The molecule has 0 bridgehead atoms. The molecule has 23 heavy (non-hydrogen) atoms. The van der Waals surface area contributed by atoms with Crippen molar-refractivity contribution in [1.82, 2.24) is 14.9 Å². The van der Waals surface area contributed by atoms with E-state index >= 15 is 0 Å². The molecule has 0 aliphatic carbocycles. The number of amides is 1. The number of carbonyl (C=O) groups excluding carboxylic acids is 2. The van der Waals surface area contributed by atoms with Crippen LogP contribution in [0, 0.1) is 12.9 Å². The van der Waals surface area contributed by atoms with Crippen molar-refractivity contribution in [3.8, 4) is 0 Å². The van der Waals surface area contributed by atoms with Crippen LogP contribution in [0.25, 0.3) is 11.2 Å². The van der Waals surface area contributed by atoms with Gasteiger partial charge in [-0.2, -0.15) is 4.39 Å². The van der Waals surface area contributed by atoms with Gasteiger partial charge >= 0.3 is 5.97 Å². The molecule has 1 amide bonds. The number of carbonyl (C=O) groups is 2. The first-order valence-electron chi connectivity index (χ1n) is 7.37. The Morgan fingerprint density at radius 1 is 1.22 bits per heavy atom. The molecule has 2 aromatic heterocycles. The molecule has 7 nitrogen and oxygen atoms in total. The fourth-order valence-electron chi connectivity index (χ4n) is 2.24. The Balaban J connectivity index is 2.56. The molecule has 0 saturated heterocycles. The summed E-state index contributed by atoms with van der Waals surface area (Å²) >= 11 is 0. The van der Waals surface area contributed by atoms with Crippen LogP contribution in [-0.4, -0.2) is 46.4 Å². The number of aryl methyl sites for hydroxylation is 1. The lowest BCUT2D eigenvalue weighted by Gasteiger charge is -2.17. The highest BCUT2D eigenvalue weighted by atomic mass is 19.1. The third kappa shape index (κ3) is 3.01. The molecule has 8 heteroatoms. The Labute approximate surface area is 132 Å². The summed E-state index contributed by atoms with van der Waals surface area (Å²) in [5.41, 5.74) is -0.516. The van der Waals surface area contributed by atoms with Crippen molar-refractivity contribution in [2.45, 2.75) is 27.7 Å². The van der Waals surface area contributed by atoms with Crippen LogP contribution in [0.3, 0.4) is 0 Å². The molecule has 2 aromatic rings. The van der Waals surface area contributed by atoms with Gasteiger partial charge in [0.15, 0.2) is 5.69 Å². The van der Waals surface area contributed by atoms with E-state index in [1.807, 2.05) is 0 Å². The fourth-order valence-corrected chi connectivity index (χ4v) is 2.24. The van der Waals surface area contributed by atoms with Gasteiger partial charge in [0.2, 0.25) is 11.7 Å². The Morgan fingerprint density at radius 2 is 1.87 bits per heavy atom. The average molecular weight is 323 g/mol. The first kappa shape index (κ1) is 16.9. The lowest BCUT2D eigenvalue weighted by Crippen LogP contribution is -2.32. The van der Waals surface area contributed by atoms with Crippen LogP contribution < -0.4 is 0 Å². The zero-order chi connectivity index (χ0) is 17.1. The summed E-state index contributed by atoms with van der Waals surface area (Å²) in [4.78, 5) is 33.2. The highest BCUT2D eigenvalue weighted by molar-refractivity contribution is 6.03. The van der Waals surface area contributed by atoms with Crippen molar-refractivity contribution in [2.75, 3.05) is 19.7 Å². The quantitative estimate of drug-likeness (QED) is 0.785. The molecule has 0 aromatic carbocycles. The molecule has 0 fully saturated rings. The second-order valence-electron chi connectivity index (χ2n) is 4.75. The van der Waals surface area contributed by atoms with Crippen LogP contribution in [0.4, 0.5) is 4.39 Å². The van der Waals surface area contributed by atoms with Gasteiger partial charge in [-0.3, -0.25) is 4.79 Å². The van der Waals surface area contributed by atoms with Crippen LogP contribution in [0.2, 0.25) is 0 Å². The van der Waals surface area contributed by atoms with Crippen LogP contribution in [0.5, 0.6) is 0 Å². The van der Waals surface area contributed by atoms with E-state index in [0.717, 1.165) is 0 Å². The number of nitrogens with zero attached hydrogens (tertiary/aromatic N) is 3. The van der Waals surface area contributed by atoms with E-state index in [4.69, 9.17) is 9.15 Å². The Hall–Kier alpha value is -2.51. The molecule has 0 aliphatic rings. The second kappa shape index (κ2) is 6.72. The minimum absolute atomic E-state index is 0.0232. The maximum Gasteiger partial charge on any atom is 0.344 e. The third-order valence-electron chi connectivity index (χ3n) is 3.39. The Kier molecular flexibility index (Phi) is 4.92. The Bertz CT molecular complexity index is 753. The van der Waals surface area contributed by atoms with Crippen LogP contribution in [0.1, 0.15) is 47.4 Å². The van der Waals surface area contributed by atoms with Crippen molar-refractivity contribution in [2.24, 2.45) is 0 Å². The molecule has 0 spiro atoms. The number of furan rings is 1. The minimum Gasteiger partial charge on any atom is -0.462 e. The number of hydrogen-bond acceptors (Lipinski definition) is 6. The van der Waals surface area contributed by atoms with Crippen molar-refractivity contribution in [1.29, 1.82) is 0 Å². The summed E-state index contributed by atoms with van der Waals surface area (Å²) < 4.78 is 24.5. The van der Waals surface area contributed by atoms with E-state index in [2.05, 4.69) is 9.97 Å². The van der Waals surface area contributed by atoms with Gasteiger partial charge in [-0.15, -0.1) is 0 Å². The zero-order valence-corrected chi connectivity index (χ0v) is 13.5. The maximum atomic E-state index is 14.2. The highest BCUT2D eigenvalue weighted by Crippen LogP contribution is 2.24. The summed E-state index contributed by atoms with van der Waals surface area (Å²) in [7, 11) is 0. The van der Waals surface area contributed by atoms with E-state index < -0.39 is 23.5 Å². The van der Waals surface area contributed by atoms with E-state index in [1.165, 1.54) is 11.8 Å². The first-order valence-corrected chi connectivity index (χ1v) is 7.37. The van der Waals surface area contributed by atoms with E-state index in [1.54, 1.807) is 20.8 Å². The molecule has 2 heterocycles. The van der Waals surface area contributed by atoms with E-state index in [-0.39, 0.29) is 29.2 Å². The standard InChI is InChI=1S/C15H18FN3O4/c1-5-19(6-2)14(20)11-12(16)17-10-9(15(21)22-7-3)8(4)23-13(10)18-11/h5-7H2,1-4H3. The third-order valence-corrected chi connectivity index (χ3v) is 3.39. The van der Waals surface area contributed by atoms with E-state index in [0.29, 0.717) is 13.1 Å². The summed E-state index contributed by atoms with van der Waals surface area (Å²) in [5.74, 6) is -2.07. The average Bonchev–Trinajstić information content (AvgIpc) is 2.82. The monoisotopic (exact) mass is 323 g/mol. The number of ether oxygens (including phenoxy) is 1. The van der Waals surface area contributed by atoms with Crippen LogP contribution in [-0.2, 0) is 4.74 Å². The summed E-state index contributed by atoms with van der Waals surface area (Å²) in [6.07, 6.45) is 0. The molecule has 124 valence electrons. The molecular weight excluding hydrogens is 305 g/mol. The van der Waals surface area contributed by atoms with Gasteiger partial charge in [-0.05, 0) is 27.7 Å². The number of rotatable bonds is 5. The number of aromatic nitrogens is 2. The van der Waals surface area contributed by atoms with Gasteiger partial charge in [-0.25, -0.2) is 14.8 Å². The summed E-state index contributed by atoms with van der Waals surface area (Å²) in [5, 5.41) is 0. The van der Waals surface area contributed by atoms with Gasteiger partial charge in [0.1, 0.15) is 16.8 Å². The van der Waals surface area contributed by atoms with Crippen LogP contribution >= 0.6 is 0 Å². The predicted octanol–water partition coefficient (Wildman–Crippen LogP) is 2.33. The molecule has 0 radical (unpaired) electrons. The molecule has 0 aliphatic heterocycles. The van der Waals surface area contributed by atoms with Gasteiger partial charge in [0.25, 0.3) is 5.91 Å². The second-order valence-corrected chi connectivity index (χ2v) is 4.75. The largest absolute Gasteiger partial charge is 0.462 e. The summed E-state index contributed by atoms with van der Waals surface area (Å²) in [6.45, 7) is 7.74. The molecule has 0 saturated carbocycles. The normalized spacial score (nSPS) is 10.8. The topological polar surface area (TPSA) is 85.5 Å². The van der Waals surface area contributed by atoms with Crippen molar-refractivity contribution >= 4 is 23.1 Å². The number of hydrogen-bond donors (Lipinski definition) is 0. The summed E-state index contributed by atoms with van der Waals surface area (Å²) in [6, 6.07) is 0. The molecule has 0 N–H and O–H groups in total. The SMILES string of the molecule is CCOC(=O)c1c(C)oc2nc(C(=O)N(CC)CC)c(F)nc12. The highest BCUT2D eigenvalue weighted by Gasteiger charge is 2.27. The van der Waals surface area contributed by atoms with Gasteiger partial charge in [0.05, 0.1) is 6.61 Å². The van der Waals surface area contributed by atoms with Gasteiger partial charge in [0, 0.05) is 13.1 Å². The zero-order valence-electron chi connectivity index (χ0n) is 13.5. The van der Waals surface area contributed by atoms with Crippen molar-refractivity contribution in [3.05, 3.63) is 23.0 Å². The smallest absolute Gasteiger partial charge is 0.344 e. The van der Waals surface area contributed by atoms with Gasteiger partial charge < -0.3 is 14.1 Å². The van der Waals surface area contributed by atoms with Crippen molar-refractivity contribution in [3.63, 3.8) is 0 Å². The number of halogens is 1. The molecule has 2 rings (SSSR count). The molecular formula is C15H18FN3O4.